The van der Waals surface area contributed by atoms with Gasteiger partial charge in [-0.15, -0.1) is 12.4 Å². The highest BCUT2D eigenvalue weighted by Crippen LogP contribution is 2.49. The Morgan fingerprint density at radius 3 is 2.31 bits per heavy atom. The van der Waals surface area contributed by atoms with Gasteiger partial charge in [0.25, 0.3) is 0 Å². The molecule has 2 aliphatic rings. The first-order valence-electron chi connectivity index (χ1n) is 5.74. The zero-order valence-electron chi connectivity index (χ0n) is 9.97. The molecule has 2 bridgehead atoms. The third kappa shape index (κ3) is 1.42. The number of halogens is 1. The van der Waals surface area contributed by atoms with Gasteiger partial charge in [0.15, 0.2) is 0 Å². The molecular weight excluding hydrogens is 218 g/mol. The van der Waals surface area contributed by atoms with Crippen molar-refractivity contribution in [3.63, 3.8) is 0 Å². The molecule has 2 heterocycles. The molecule has 1 aromatic rings. The third-order valence-electron chi connectivity index (χ3n) is 3.59. The van der Waals surface area contributed by atoms with E-state index in [-0.39, 0.29) is 12.4 Å². The minimum Gasteiger partial charge on any atom is -0.280 e. The molecule has 86 valence electrons. The minimum absolute atomic E-state index is 0. The number of benzene rings is 1. The third-order valence-corrected chi connectivity index (χ3v) is 3.59. The molecule has 16 heavy (non-hydrogen) atoms. The maximum atomic E-state index is 2.59. The van der Waals surface area contributed by atoms with E-state index in [2.05, 4.69) is 56.0 Å². The summed E-state index contributed by atoms with van der Waals surface area (Å²) >= 11 is 0. The van der Waals surface area contributed by atoms with Crippen LogP contribution in [0.4, 0.5) is 0 Å². The first-order chi connectivity index (χ1) is 7.18. The predicted octanol–water partition coefficient (Wildman–Crippen LogP) is 3.79. The lowest BCUT2D eigenvalue weighted by atomic mass is 9.95. The van der Waals surface area contributed by atoms with Crippen LogP contribution in [0.2, 0.25) is 0 Å². The zero-order valence-corrected chi connectivity index (χ0v) is 10.8. The van der Waals surface area contributed by atoms with Crippen LogP contribution >= 0.6 is 12.4 Å². The van der Waals surface area contributed by atoms with Crippen LogP contribution in [0.5, 0.6) is 0 Å². The summed E-state index contributed by atoms with van der Waals surface area (Å²) in [6.45, 7) is 6.74. The van der Waals surface area contributed by atoms with Crippen molar-refractivity contribution in [1.82, 2.24) is 4.90 Å². The van der Waals surface area contributed by atoms with Crippen molar-refractivity contribution in [1.29, 1.82) is 0 Å². The lowest BCUT2D eigenvalue weighted by molar-refractivity contribution is 0.188. The van der Waals surface area contributed by atoms with Gasteiger partial charge in [0.2, 0.25) is 0 Å². The molecule has 0 spiro atoms. The summed E-state index contributed by atoms with van der Waals surface area (Å²) < 4.78 is 0. The Labute approximate surface area is 104 Å². The van der Waals surface area contributed by atoms with E-state index >= 15 is 0 Å². The van der Waals surface area contributed by atoms with Crippen LogP contribution in [0.25, 0.3) is 0 Å². The lowest BCUT2D eigenvalue weighted by Gasteiger charge is -2.26. The highest BCUT2D eigenvalue weighted by Gasteiger charge is 2.40. The van der Waals surface area contributed by atoms with Crippen LogP contribution < -0.4 is 0 Å². The van der Waals surface area contributed by atoms with Crippen LogP contribution in [-0.2, 0) is 0 Å². The molecule has 2 aliphatic heterocycles. The summed E-state index contributed by atoms with van der Waals surface area (Å²) in [5, 5.41) is 0. The maximum absolute atomic E-state index is 2.59. The molecule has 2 unspecified atom stereocenters. The summed E-state index contributed by atoms with van der Waals surface area (Å²) in [6, 6.07) is 8.55. The van der Waals surface area contributed by atoms with Gasteiger partial charge in [-0.3, -0.25) is 4.90 Å². The molecule has 0 saturated carbocycles. The smallest absolute Gasteiger partial charge is 0.0547 e. The molecule has 1 aromatic carbocycles. The molecule has 0 aromatic heterocycles. The van der Waals surface area contributed by atoms with Crippen molar-refractivity contribution in [3.05, 3.63) is 47.0 Å². The summed E-state index contributed by atoms with van der Waals surface area (Å²) in [7, 11) is 0. The zero-order chi connectivity index (χ0) is 10.6. The second-order valence-corrected chi connectivity index (χ2v) is 4.95. The van der Waals surface area contributed by atoms with Gasteiger partial charge in [0, 0.05) is 6.04 Å². The van der Waals surface area contributed by atoms with E-state index in [1.54, 1.807) is 0 Å². The fourth-order valence-corrected chi connectivity index (χ4v) is 2.97. The maximum Gasteiger partial charge on any atom is 0.0547 e. The number of hydrogen-bond acceptors (Lipinski definition) is 1. The van der Waals surface area contributed by atoms with Crippen LogP contribution in [-0.4, -0.2) is 10.9 Å². The normalized spacial score (nSPS) is 26.0. The average Bonchev–Trinajstić information content (AvgIpc) is 2.72. The highest BCUT2D eigenvalue weighted by atomic mass is 35.5. The Balaban J connectivity index is 0.000000963. The Morgan fingerprint density at radius 1 is 1.06 bits per heavy atom. The molecule has 3 rings (SSSR count). The van der Waals surface area contributed by atoms with Crippen molar-refractivity contribution >= 4 is 12.4 Å². The van der Waals surface area contributed by atoms with E-state index in [9.17, 15) is 0 Å². The molecule has 2 heteroatoms. The molecule has 0 amide bonds. The Hall–Kier alpha value is -0.790. The van der Waals surface area contributed by atoms with Crippen molar-refractivity contribution in [2.24, 2.45) is 0 Å². The van der Waals surface area contributed by atoms with Crippen molar-refractivity contribution in [2.75, 3.05) is 0 Å². The molecule has 0 radical (unpaired) electrons. The highest BCUT2D eigenvalue weighted by molar-refractivity contribution is 5.85. The summed E-state index contributed by atoms with van der Waals surface area (Å²) in [5.74, 6) is 0. The first kappa shape index (κ1) is 11.7. The number of nitrogens with zero attached hydrogens (tertiary/aromatic N) is 1. The number of hydrogen-bond donors (Lipinski definition) is 0. The molecule has 0 fully saturated rings. The number of aryl methyl sites for hydroxylation is 1. The van der Waals surface area contributed by atoms with Gasteiger partial charge >= 0.3 is 0 Å². The van der Waals surface area contributed by atoms with Gasteiger partial charge in [0.05, 0.1) is 12.1 Å². The molecule has 1 nitrogen and oxygen atoms in total. The molecule has 0 aliphatic carbocycles. The van der Waals surface area contributed by atoms with E-state index in [0.29, 0.717) is 18.1 Å². The van der Waals surface area contributed by atoms with Crippen LogP contribution in [0, 0.1) is 6.92 Å². The van der Waals surface area contributed by atoms with Gasteiger partial charge in [-0.25, -0.2) is 0 Å². The standard InChI is InChI=1S/C14H17N.ClH/c1-9(2)15-13-6-7-14(15)12-8-10(3)4-5-11(12)13;/h4-9,13-14H,1-3H3;1H. The number of fused-ring (bicyclic) bond motifs is 5. The van der Waals surface area contributed by atoms with Crippen LogP contribution in [0.15, 0.2) is 30.4 Å². The first-order valence-corrected chi connectivity index (χ1v) is 5.74. The van der Waals surface area contributed by atoms with E-state index in [1.807, 2.05) is 0 Å². The Morgan fingerprint density at radius 2 is 1.69 bits per heavy atom. The van der Waals surface area contributed by atoms with E-state index in [1.165, 1.54) is 16.7 Å². The molecule has 0 N–H and O–H groups in total. The van der Waals surface area contributed by atoms with Gasteiger partial charge in [-0.1, -0.05) is 35.9 Å². The quantitative estimate of drug-likeness (QED) is 0.670. The van der Waals surface area contributed by atoms with Crippen LogP contribution in [0.1, 0.15) is 42.6 Å². The average molecular weight is 236 g/mol. The van der Waals surface area contributed by atoms with Crippen LogP contribution in [0.3, 0.4) is 0 Å². The van der Waals surface area contributed by atoms with E-state index in [4.69, 9.17) is 0 Å². The van der Waals surface area contributed by atoms with Gasteiger partial charge < -0.3 is 0 Å². The minimum atomic E-state index is 0. The fraction of sp³-hybridized carbons (Fsp3) is 0.429. The second kappa shape index (κ2) is 3.90. The molecular formula is C14H18ClN. The second-order valence-electron chi connectivity index (χ2n) is 4.95. The summed E-state index contributed by atoms with van der Waals surface area (Å²) in [4.78, 5) is 2.59. The van der Waals surface area contributed by atoms with Crippen molar-refractivity contribution < 1.29 is 0 Å². The van der Waals surface area contributed by atoms with Gasteiger partial charge in [0.1, 0.15) is 0 Å². The number of rotatable bonds is 1. The Kier molecular flexibility index (Phi) is 2.85. The van der Waals surface area contributed by atoms with Crippen molar-refractivity contribution in [3.8, 4) is 0 Å². The predicted molar refractivity (Wildman–Crippen MR) is 70.0 cm³/mol. The molecule has 0 saturated heterocycles. The lowest BCUT2D eigenvalue weighted by Crippen LogP contribution is -2.27. The van der Waals surface area contributed by atoms with Crippen molar-refractivity contribution in [2.45, 2.75) is 38.9 Å². The van der Waals surface area contributed by atoms with Gasteiger partial charge in [-0.2, -0.15) is 0 Å². The largest absolute Gasteiger partial charge is 0.280 e. The summed E-state index contributed by atoms with van der Waals surface area (Å²) in [6.07, 6.45) is 4.70. The fourth-order valence-electron chi connectivity index (χ4n) is 2.97. The van der Waals surface area contributed by atoms with E-state index in [0.717, 1.165) is 0 Å². The Bertz CT molecular complexity index is 436. The SMILES string of the molecule is Cc1ccc2c(c1)C1C=CC2N1C(C)C.Cl. The topological polar surface area (TPSA) is 3.24 Å². The van der Waals surface area contributed by atoms with E-state index < -0.39 is 0 Å². The van der Waals surface area contributed by atoms with Gasteiger partial charge in [-0.05, 0) is 31.9 Å². The molecule has 2 atom stereocenters. The summed E-state index contributed by atoms with van der Waals surface area (Å²) in [5.41, 5.74) is 4.41. The monoisotopic (exact) mass is 235 g/mol.